The van der Waals surface area contributed by atoms with Gasteiger partial charge in [-0.05, 0) is 24.3 Å². The lowest BCUT2D eigenvalue weighted by atomic mass is 10.2. The van der Waals surface area contributed by atoms with Crippen molar-refractivity contribution in [2.24, 2.45) is 0 Å². The minimum absolute atomic E-state index is 0.198. The third-order valence-electron chi connectivity index (χ3n) is 3.00. The zero-order chi connectivity index (χ0) is 16.4. The second-order valence-corrected chi connectivity index (χ2v) is 6.79. The van der Waals surface area contributed by atoms with Gasteiger partial charge in [0.25, 0.3) is 11.8 Å². The highest BCUT2D eigenvalue weighted by Crippen LogP contribution is 2.31. The van der Waals surface area contributed by atoms with Gasteiger partial charge in [-0.25, -0.2) is 0 Å². The number of fused-ring (bicyclic) bond motifs is 1. The molecule has 1 aromatic carbocycles. The van der Waals surface area contributed by atoms with E-state index < -0.39 is 11.8 Å². The molecule has 0 aliphatic carbocycles. The third-order valence-corrected chi connectivity index (χ3v) is 4.48. The van der Waals surface area contributed by atoms with Gasteiger partial charge in [0.2, 0.25) is 0 Å². The van der Waals surface area contributed by atoms with Crippen molar-refractivity contribution < 1.29 is 19.1 Å². The van der Waals surface area contributed by atoms with E-state index in [4.69, 9.17) is 32.7 Å². The average molecular weight is 373 g/mol. The number of carbonyl (C=O) groups is 2. The number of hydrogen-bond acceptors (Lipinski definition) is 5. The van der Waals surface area contributed by atoms with E-state index in [1.54, 1.807) is 18.2 Å². The number of benzene rings is 1. The monoisotopic (exact) mass is 372 g/mol. The summed E-state index contributed by atoms with van der Waals surface area (Å²) in [6, 6.07) is 6.19. The zero-order valence-electron chi connectivity index (χ0n) is 11.5. The molecular weight excluding hydrogens is 363 g/mol. The van der Waals surface area contributed by atoms with Crippen molar-refractivity contribution >= 4 is 46.4 Å². The van der Waals surface area contributed by atoms with Crippen molar-refractivity contribution in [3.05, 3.63) is 44.1 Å². The lowest BCUT2D eigenvalue weighted by Crippen LogP contribution is -2.41. The first kappa shape index (κ1) is 15.9. The van der Waals surface area contributed by atoms with E-state index >= 15 is 0 Å². The van der Waals surface area contributed by atoms with Gasteiger partial charge in [-0.2, -0.15) is 0 Å². The molecule has 1 aliphatic heterocycles. The fourth-order valence-corrected chi connectivity index (χ4v) is 3.39. The highest BCUT2D eigenvalue weighted by molar-refractivity contribution is 7.20. The fourth-order valence-electron chi connectivity index (χ4n) is 1.93. The SMILES string of the molecule is O=C(NNC(=O)c1cc(Cl)sc1Cl)c1ccc2c(c1)OCCO2. The summed E-state index contributed by atoms with van der Waals surface area (Å²) >= 11 is 12.7. The van der Waals surface area contributed by atoms with Crippen LogP contribution in [0.25, 0.3) is 0 Å². The highest BCUT2D eigenvalue weighted by atomic mass is 35.5. The summed E-state index contributed by atoms with van der Waals surface area (Å²) in [6.07, 6.45) is 0. The number of hydrazine groups is 1. The minimum atomic E-state index is -0.552. The Bertz CT molecular complexity index is 778. The molecule has 0 bridgehead atoms. The summed E-state index contributed by atoms with van der Waals surface area (Å²) in [6.45, 7) is 0.894. The quantitative estimate of drug-likeness (QED) is 0.794. The molecule has 1 aliphatic rings. The first-order valence-corrected chi connectivity index (χ1v) is 8.07. The van der Waals surface area contributed by atoms with E-state index in [-0.39, 0.29) is 9.90 Å². The maximum Gasteiger partial charge on any atom is 0.272 e. The predicted octanol–water partition coefficient (Wildman–Crippen LogP) is 2.90. The zero-order valence-corrected chi connectivity index (χ0v) is 13.8. The molecule has 6 nitrogen and oxygen atoms in total. The number of thiophene rings is 1. The third kappa shape index (κ3) is 3.52. The Hall–Kier alpha value is -1.96. The maximum absolute atomic E-state index is 12.1. The number of halogens is 2. The second-order valence-electron chi connectivity index (χ2n) is 4.50. The molecule has 9 heteroatoms. The number of hydrogen-bond donors (Lipinski definition) is 2. The largest absolute Gasteiger partial charge is 0.486 e. The second kappa shape index (κ2) is 6.66. The van der Waals surface area contributed by atoms with Gasteiger partial charge in [0.15, 0.2) is 11.5 Å². The Morgan fingerprint density at radius 1 is 1.00 bits per heavy atom. The Kier molecular flexibility index (Phi) is 4.61. The topological polar surface area (TPSA) is 76.7 Å². The van der Waals surface area contributed by atoms with Crippen LogP contribution in [0.3, 0.4) is 0 Å². The maximum atomic E-state index is 12.1. The molecule has 0 saturated carbocycles. The molecule has 0 radical (unpaired) electrons. The van der Waals surface area contributed by atoms with E-state index in [1.165, 1.54) is 6.07 Å². The van der Waals surface area contributed by atoms with Crippen molar-refractivity contribution in [3.8, 4) is 11.5 Å². The van der Waals surface area contributed by atoms with Gasteiger partial charge in [0, 0.05) is 5.56 Å². The van der Waals surface area contributed by atoms with E-state index in [9.17, 15) is 9.59 Å². The smallest absolute Gasteiger partial charge is 0.272 e. The van der Waals surface area contributed by atoms with Crippen LogP contribution in [-0.4, -0.2) is 25.0 Å². The van der Waals surface area contributed by atoms with Gasteiger partial charge in [-0.3, -0.25) is 20.4 Å². The van der Waals surface area contributed by atoms with Gasteiger partial charge in [0.05, 0.1) is 9.90 Å². The van der Waals surface area contributed by atoms with E-state index in [0.717, 1.165) is 11.3 Å². The summed E-state index contributed by atoms with van der Waals surface area (Å²) in [7, 11) is 0. The molecule has 3 rings (SSSR count). The number of amides is 2. The molecule has 0 saturated heterocycles. The molecule has 0 atom stereocenters. The van der Waals surface area contributed by atoms with Gasteiger partial charge < -0.3 is 9.47 Å². The molecule has 120 valence electrons. The highest BCUT2D eigenvalue weighted by Gasteiger charge is 2.17. The van der Waals surface area contributed by atoms with Crippen LogP contribution in [0, 0.1) is 0 Å². The predicted molar refractivity (Wildman–Crippen MR) is 86.7 cm³/mol. The number of rotatable bonds is 2. The van der Waals surface area contributed by atoms with Gasteiger partial charge in [0.1, 0.15) is 17.6 Å². The summed E-state index contributed by atoms with van der Waals surface area (Å²) in [5.41, 5.74) is 5.11. The standard InChI is InChI=1S/C14H10Cl2N2O4S/c15-11-6-8(12(16)23-11)14(20)18-17-13(19)7-1-2-9-10(5-7)22-4-3-21-9/h1-2,5-6H,3-4H2,(H,17,19)(H,18,20). The molecule has 2 heterocycles. The molecule has 2 aromatic rings. The summed E-state index contributed by atoms with van der Waals surface area (Å²) in [5, 5.41) is 0. The summed E-state index contributed by atoms with van der Waals surface area (Å²) in [4.78, 5) is 24.0. The first-order valence-electron chi connectivity index (χ1n) is 6.50. The molecule has 1 aromatic heterocycles. The molecule has 23 heavy (non-hydrogen) atoms. The van der Waals surface area contributed by atoms with Crippen LogP contribution in [-0.2, 0) is 0 Å². The molecular formula is C14H10Cl2N2O4S. The van der Waals surface area contributed by atoms with Crippen molar-refractivity contribution in [1.82, 2.24) is 10.9 Å². The fraction of sp³-hybridized carbons (Fsp3) is 0.143. The molecule has 2 N–H and O–H groups in total. The Labute approximate surface area is 145 Å². The lowest BCUT2D eigenvalue weighted by molar-refractivity contribution is 0.0846. The summed E-state index contributed by atoms with van der Waals surface area (Å²) < 4.78 is 11.4. The van der Waals surface area contributed by atoms with Crippen molar-refractivity contribution in [2.45, 2.75) is 0 Å². The van der Waals surface area contributed by atoms with Gasteiger partial charge in [-0.1, -0.05) is 23.2 Å². The van der Waals surface area contributed by atoms with E-state index in [2.05, 4.69) is 10.9 Å². The Morgan fingerprint density at radius 2 is 1.70 bits per heavy atom. The Morgan fingerprint density at radius 3 is 2.39 bits per heavy atom. The van der Waals surface area contributed by atoms with Crippen molar-refractivity contribution in [3.63, 3.8) is 0 Å². The number of ether oxygens (including phenoxy) is 2. The average Bonchev–Trinajstić information content (AvgIpc) is 2.90. The minimum Gasteiger partial charge on any atom is -0.486 e. The Balaban J connectivity index is 1.65. The molecule has 0 spiro atoms. The first-order chi connectivity index (χ1) is 11.0. The van der Waals surface area contributed by atoms with Crippen LogP contribution < -0.4 is 20.3 Å². The van der Waals surface area contributed by atoms with Crippen LogP contribution in [0.2, 0.25) is 8.67 Å². The van der Waals surface area contributed by atoms with Crippen LogP contribution in [0.4, 0.5) is 0 Å². The van der Waals surface area contributed by atoms with Crippen LogP contribution in [0.1, 0.15) is 20.7 Å². The van der Waals surface area contributed by atoms with Crippen LogP contribution in [0.5, 0.6) is 11.5 Å². The number of nitrogens with one attached hydrogen (secondary N) is 2. The van der Waals surface area contributed by atoms with Gasteiger partial charge in [-0.15, -0.1) is 11.3 Å². The molecule has 0 fully saturated rings. The summed E-state index contributed by atoms with van der Waals surface area (Å²) in [5.74, 6) is 0.0243. The number of carbonyl (C=O) groups excluding carboxylic acids is 2. The van der Waals surface area contributed by atoms with Crippen LogP contribution in [0.15, 0.2) is 24.3 Å². The van der Waals surface area contributed by atoms with Crippen molar-refractivity contribution in [1.29, 1.82) is 0 Å². The molecule has 0 unspecified atom stereocenters. The van der Waals surface area contributed by atoms with E-state index in [0.29, 0.717) is 34.6 Å². The van der Waals surface area contributed by atoms with E-state index in [1.807, 2.05) is 0 Å². The normalized spacial score (nSPS) is 12.6. The van der Waals surface area contributed by atoms with Crippen molar-refractivity contribution in [2.75, 3.05) is 13.2 Å². The lowest BCUT2D eigenvalue weighted by Gasteiger charge is -2.18. The van der Waals surface area contributed by atoms with Crippen LogP contribution >= 0.6 is 34.5 Å². The molecule has 2 amide bonds. The van der Waals surface area contributed by atoms with Gasteiger partial charge >= 0.3 is 0 Å².